The van der Waals surface area contributed by atoms with Gasteiger partial charge in [-0.3, -0.25) is 4.98 Å². The average molecular weight is 325 g/mol. The van der Waals surface area contributed by atoms with Crippen molar-refractivity contribution in [3.8, 4) is 0 Å². The van der Waals surface area contributed by atoms with E-state index >= 15 is 0 Å². The molecule has 0 amide bonds. The zero-order valence-corrected chi connectivity index (χ0v) is 13.7. The summed E-state index contributed by atoms with van der Waals surface area (Å²) in [5.41, 5.74) is 1.70. The summed E-state index contributed by atoms with van der Waals surface area (Å²) in [5.74, 6) is 0. The molecule has 5 nitrogen and oxygen atoms in total. The lowest BCUT2D eigenvalue weighted by Gasteiger charge is -2.04. The number of sulfonamides is 1. The van der Waals surface area contributed by atoms with Crippen LogP contribution in [-0.2, 0) is 23.1 Å². The molecule has 21 heavy (non-hydrogen) atoms. The normalized spacial score (nSPS) is 11.7. The Kier molecular flexibility index (Phi) is 5.46. The lowest BCUT2D eigenvalue weighted by Crippen LogP contribution is -2.22. The number of nitrogens with one attached hydrogen (secondary N) is 2. The zero-order chi connectivity index (χ0) is 15.3. The van der Waals surface area contributed by atoms with Crippen molar-refractivity contribution in [1.82, 2.24) is 15.0 Å². The van der Waals surface area contributed by atoms with Gasteiger partial charge in [-0.1, -0.05) is 13.0 Å². The van der Waals surface area contributed by atoms with Gasteiger partial charge < -0.3 is 5.32 Å². The molecule has 0 unspecified atom stereocenters. The summed E-state index contributed by atoms with van der Waals surface area (Å²) in [4.78, 5) is 5.16. The molecule has 0 aliphatic carbocycles. The van der Waals surface area contributed by atoms with Crippen LogP contribution < -0.4 is 10.0 Å². The van der Waals surface area contributed by atoms with E-state index in [1.165, 1.54) is 11.3 Å². The van der Waals surface area contributed by atoms with Crippen molar-refractivity contribution in [2.24, 2.45) is 0 Å². The summed E-state index contributed by atoms with van der Waals surface area (Å²) in [6.07, 6.45) is 1.65. The number of pyridine rings is 1. The van der Waals surface area contributed by atoms with E-state index in [0.717, 1.165) is 17.0 Å². The Hall–Kier alpha value is -1.28. The topological polar surface area (TPSA) is 71.1 Å². The highest BCUT2D eigenvalue weighted by Crippen LogP contribution is 2.25. The van der Waals surface area contributed by atoms with Crippen molar-refractivity contribution in [2.45, 2.75) is 31.1 Å². The molecular formula is C14H19N3O2S2. The molecule has 2 aromatic rings. The fourth-order valence-corrected chi connectivity index (χ4v) is 4.38. The lowest BCUT2D eigenvalue weighted by molar-refractivity contribution is 0.582. The van der Waals surface area contributed by atoms with Crippen LogP contribution in [0.15, 0.2) is 34.7 Å². The number of hydrogen-bond acceptors (Lipinski definition) is 5. The molecule has 7 heteroatoms. The van der Waals surface area contributed by atoms with Crippen LogP contribution in [0.25, 0.3) is 0 Å². The summed E-state index contributed by atoms with van der Waals surface area (Å²) < 4.78 is 27.5. The summed E-state index contributed by atoms with van der Waals surface area (Å²) in [6, 6.07) is 7.14. The number of aryl methyl sites for hydroxylation is 1. The van der Waals surface area contributed by atoms with Crippen molar-refractivity contribution in [1.29, 1.82) is 0 Å². The third-order valence-corrected chi connectivity index (χ3v) is 6.08. The van der Waals surface area contributed by atoms with Gasteiger partial charge in [-0.25, -0.2) is 13.1 Å². The van der Waals surface area contributed by atoms with Gasteiger partial charge in [0.25, 0.3) is 0 Å². The van der Waals surface area contributed by atoms with Crippen LogP contribution in [0.3, 0.4) is 0 Å². The van der Waals surface area contributed by atoms with Gasteiger partial charge in [0.1, 0.15) is 4.21 Å². The van der Waals surface area contributed by atoms with Gasteiger partial charge in [-0.2, -0.15) is 0 Å². The molecule has 0 atom stereocenters. The second-order valence-corrected chi connectivity index (χ2v) is 7.73. The van der Waals surface area contributed by atoms with Crippen LogP contribution in [0.4, 0.5) is 0 Å². The minimum atomic E-state index is -3.48. The first-order valence-corrected chi connectivity index (χ1v) is 9.02. The molecule has 0 radical (unpaired) electrons. The average Bonchev–Trinajstić information content (AvgIpc) is 2.86. The van der Waals surface area contributed by atoms with Crippen molar-refractivity contribution >= 4 is 21.4 Å². The van der Waals surface area contributed by atoms with E-state index in [-0.39, 0.29) is 6.54 Å². The molecule has 114 valence electrons. The summed E-state index contributed by atoms with van der Waals surface area (Å²) in [6.45, 7) is 5.71. The Balaban J connectivity index is 2.09. The van der Waals surface area contributed by atoms with E-state index in [1.807, 2.05) is 19.9 Å². The fourth-order valence-electron chi connectivity index (χ4n) is 1.78. The Bertz CT molecular complexity index is 681. The molecule has 0 aromatic carbocycles. The number of aromatic nitrogens is 1. The van der Waals surface area contributed by atoms with Crippen LogP contribution in [0.2, 0.25) is 0 Å². The minimum absolute atomic E-state index is 0.197. The third-order valence-electron chi connectivity index (χ3n) is 2.97. The molecule has 0 spiro atoms. The van der Waals surface area contributed by atoms with Crippen LogP contribution >= 0.6 is 11.3 Å². The second kappa shape index (κ2) is 7.13. The third kappa shape index (κ3) is 4.34. The number of thiophene rings is 1. The first-order valence-electron chi connectivity index (χ1n) is 6.72. The number of rotatable bonds is 7. The van der Waals surface area contributed by atoms with E-state index in [1.54, 1.807) is 24.4 Å². The van der Waals surface area contributed by atoms with Gasteiger partial charge in [0.15, 0.2) is 0 Å². The van der Waals surface area contributed by atoms with E-state index in [4.69, 9.17) is 0 Å². The predicted molar refractivity (Wildman–Crippen MR) is 84.7 cm³/mol. The van der Waals surface area contributed by atoms with Gasteiger partial charge in [-0.05, 0) is 37.2 Å². The Morgan fingerprint density at radius 2 is 2.10 bits per heavy atom. The van der Waals surface area contributed by atoms with E-state index in [2.05, 4.69) is 15.0 Å². The van der Waals surface area contributed by atoms with Crippen molar-refractivity contribution in [3.63, 3.8) is 0 Å². The van der Waals surface area contributed by atoms with Crippen LogP contribution in [0, 0.1) is 6.92 Å². The largest absolute Gasteiger partial charge is 0.312 e. The van der Waals surface area contributed by atoms with E-state index < -0.39 is 10.0 Å². The van der Waals surface area contributed by atoms with Crippen LogP contribution in [0.1, 0.15) is 23.1 Å². The standard InChI is InChI=1S/C14H19N3O2S2/c1-3-15-10-13-11(2)8-14(20-13)21(18,19)17-9-12-6-4-5-7-16-12/h4-8,15,17H,3,9-10H2,1-2H3. The molecule has 0 aliphatic rings. The van der Waals surface area contributed by atoms with Gasteiger partial charge in [0.05, 0.1) is 12.2 Å². The summed E-state index contributed by atoms with van der Waals surface area (Å²) in [5, 5.41) is 3.21. The van der Waals surface area contributed by atoms with Crippen LogP contribution in [-0.4, -0.2) is 19.9 Å². The molecule has 0 bridgehead atoms. The lowest BCUT2D eigenvalue weighted by atomic mass is 10.3. The monoisotopic (exact) mass is 325 g/mol. The van der Waals surface area contributed by atoms with Gasteiger partial charge in [0.2, 0.25) is 10.0 Å². The maximum Gasteiger partial charge on any atom is 0.250 e. The highest BCUT2D eigenvalue weighted by molar-refractivity contribution is 7.91. The molecule has 0 saturated carbocycles. The Morgan fingerprint density at radius 3 is 2.76 bits per heavy atom. The molecule has 0 aliphatic heterocycles. The molecule has 0 saturated heterocycles. The maximum absolute atomic E-state index is 12.3. The molecule has 2 rings (SSSR count). The first kappa shape index (κ1) is 16.1. The van der Waals surface area contributed by atoms with E-state index in [0.29, 0.717) is 16.4 Å². The quantitative estimate of drug-likeness (QED) is 0.817. The molecule has 2 heterocycles. The minimum Gasteiger partial charge on any atom is -0.312 e. The predicted octanol–water partition coefficient (Wildman–Crippen LogP) is 2.04. The maximum atomic E-state index is 12.3. The first-order chi connectivity index (χ1) is 10.0. The van der Waals surface area contributed by atoms with Crippen molar-refractivity contribution in [2.75, 3.05) is 6.54 Å². The number of nitrogens with zero attached hydrogens (tertiary/aromatic N) is 1. The highest BCUT2D eigenvalue weighted by atomic mass is 32.2. The van der Waals surface area contributed by atoms with Gasteiger partial charge in [0, 0.05) is 17.6 Å². The Morgan fingerprint density at radius 1 is 1.29 bits per heavy atom. The van der Waals surface area contributed by atoms with Gasteiger partial charge in [-0.15, -0.1) is 11.3 Å². The smallest absolute Gasteiger partial charge is 0.250 e. The van der Waals surface area contributed by atoms with Crippen LogP contribution in [0.5, 0.6) is 0 Å². The summed E-state index contributed by atoms with van der Waals surface area (Å²) >= 11 is 1.31. The Labute approximate surface area is 129 Å². The molecule has 2 aromatic heterocycles. The SMILES string of the molecule is CCNCc1sc(S(=O)(=O)NCc2ccccn2)cc1C. The number of hydrogen-bond donors (Lipinski definition) is 2. The summed E-state index contributed by atoms with van der Waals surface area (Å²) in [7, 11) is -3.48. The second-order valence-electron chi connectivity index (χ2n) is 4.60. The highest BCUT2D eigenvalue weighted by Gasteiger charge is 2.18. The fraction of sp³-hybridized carbons (Fsp3) is 0.357. The zero-order valence-electron chi connectivity index (χ0n) is 12.1. The van der Waals surface area contributed by atoms with Crippen molar-refractivity contribution < 1.29 is 8.42 Å². The molecular weight excluding hydrogens is 306 g/mol. The molecule has 0 fully saturated rings. The van der Waals surface area contributed by atoms with Gasteiger partial charge >= 0.3 is 0 Å². The molecule has 2 N–H and O–H groups in total. The van der Waals surface area contributed by atoms with E-state index in [9.17, 15) is 8.42 Å². The van der Waals surface area contributed by atoms with Crippen molar-refractivity contribution in [3.05, 3.63) is 46.6 Å².